The number of thiazole rings is 1. The molecule has 0 spiro atoms. The summed E-state index contributed by atoms with van der Waals surface area (Å²) in [6.45, 7) is 4.12. The Bertz CT molecular complexity index is 1410. The minimum Gasteiger partial charge on any atom is -0.316 e. The Morgan fingerprint density at radius 2 is 1.96 bits per heavy atom. The summed E-state index contributed by atoms with van der Waals surface area (Å²) in [6, 6.07) is 13.8. The summed E-state index contributed by atoms with van der Waals surface area (Å²) in [4.78, 5) is 22.5. The molecule has 0 aliphatic carbocycles. The maximum absolute atomic E-state index is 13.0. The third kappa shape index (κ3) is 2.41. The molecule has 0 saturated heterocycles. The lowest BCUT2D eigenvalue weighted by molar-refractivity contribution is 0.954. The van der Waals surface area contributed by atoms with Crippen LogP contribution in [0.15, 0.2) is 59.7 Å². The quantitative estimate of drug-likeness (QED) is 0.478. The van der Waals surface area contributed by atoms with Crippen molar-refractivity contribution in [3.8, 4) is 5.69 Å². The number of rotatable bonds is 2. The first kappa shape index (κ1) is 16.0. The van der Waals surface area contributed by atoms with Crippen LogP contribution in [0.25, 0.3) is 27.8 Å². The van der Waals surface area contributed by atoms with Crippen LogP contribution >= 0.6 is 11.3 Å². The number of hydrogen-bond acceptors (Lipinski definition) is 4. The Hall–Kier alpha value is -3.25. The van der Waals surface area contributed by atoms with Crippen LogP contribution in [0.4, 0.5) is 0 Å². The molecule has 0 N–H and O–H groups in total. The fourth-order valence-electron chi connectivity index (χ4n) is 3.57. The molecule has 5 rings (SSSR count). The molecule has 0 unspecified atom stereocenters. The predicted octanol–water partition coefficient (Wildman–Crippen LogP) is 3.26. The molecular formula is C21H16N4OS. The van der Waals surface area contributed by atoms with E-state index >= 15 is 0 Å². The van der Waals surface area contributed by atoms with Gasteiger partial charge < -0.3 is 4.57 Å². The highest BCUT2D eigenvalue weighted by Crippen LogP contribution is 2.21. The molecular weight excluding hydrogens is 356 g/mol. The Morgan fingerprint density at radius 1 is 1.11 bits per heavy atom. The van der Waals surface area contributed by atoms with Gasteiger partial charge in [0, 0.05) is 17.6 Å². The second kappa shape index (κ2) is 5.89. The second-order valence-corrected chi connectivity index (χ2v) is 7.52. The normalized spacial score (nSPS) is 12.4. The summed E-state index contributed by atoms with van der Waals surface area (Å²) in [6.07, 6.45) is 5.57. The number of benzene rings is 1. The van der Waals surface area contributed by atoms with Crippen molar-refractivity contribution in [2.24, 2.45) is 0 Å². The van der Waals surface area contributed by atoms with Gasteiger partial charge >= 0.3 is 0 Å². The molecule has 4 aromatic heterocycles. The van der Waals surface area contributed by atoms with Crippen molar-refractivity contribution in [3.05, 3.63) is 86.7 Å². The molecule has 4 heterocycles. The fraction of sp³-hybridized carbons (Fsp3) is 0.0952. The second-order valence-electron chi connectivity index (χ2n) is 6.51. The summed E-state index contributed by atoms with van der Waals surface area (Å²) >= 11 is 1.43. The number of fused-ring (bicyclic) bond motifs is 3. The molecule has 0 fully saturated rings. The van der Waals surface area contributed by atoms with Crippen molar-refractivity contribution in [1.82, 2.24) is 18.9 Å². The Labute approximate surface area is 158 Å². The van der Waals surface area contributed by atoms with Gasteiger partial charge in [0.05, 0.1) is 27.4 Å². The first-order valence-electron chi connectivity index (χ1n) is 8.64. The summed E-state index contributed by atoms with van der Waals surface area (Å²) in [5, 5.41) is 0. The lowest BCUT2D eigenvalue weighted by Gasteiger charge is -2.08. The van der Waals surface area contributed by atoms with Crippen LogP contribution in [0.1, 0.15) is 17.0 Å². The van der Waals surface area contributed by atoms with Crippen LogP contribution in [0, 0.1) is 13.8 Å². The van der Waals surface area contributed by atoms with E-state index in [-0.39, 0.29) is 5.56 Å². The van der Waals surface area contributed by atoms with E-state index in [0.717, 1.165) is 38.6 Å². The van der Waals surface area contributed by atoms with Crippen LogP contribution in [-0.2, 0) is 0 Å². The van der Waals surface area contributed by atoms with Crippen LogP contribution < -0.4 is 10.1 Å². The van der Waals surface area contributed by atoms with Crippen molar-refractivity contribution in [2.45, 2.75) is 13.8 Å². The molecule has 6 heteroatoms. The molecule has 0 aliphatic rings. The summed E-state index contributed by atoms with van der Waals surface area (Å²) in [5.41, 5.74) is 5.91. The highest BCUT2D eigenvalue weighted by atomic mass is 32.1. The lowest BCUT2D eigenvalue weighted by atomic mass is 10.2. The smallest absolute Gasteiger partial charge is 0.274 e. The van der Waals surface area contributed by atoms with Crippen LogP contribution in [0.3, 0.4) is 0 Å². The average Bonchev–Trinajstić information content (AvgIpc) is 3.28. The maximum atomic E-state index is 13.0. The molecule has 27 heavy (non-hydrogen) atoms. The highest BCUT2D eigenvalue weighted by Gasteiger charge is 2.13. The minimum atomic E-state index is -0.0186. The monoisotopic (exact) mass is 372 g/mol. The number of imidazole rings is 1. The van der Waals surface area contributed by atoms with E-state index in [1.165, 1.54) is 11.3 Å². The largest absolute Gasteiger partial charge is 0.316 e. The molecule has 5 aromatic rings. The van der Waals surface area contributed by atoms with Gasteiger partial charge in [0.15, 0.2) is 4.96 Å². The van der Waals surface area contributed by atoms with Crippen LogP contribution in [0.2, 0.25) is 0 Å². The van der Waals surface area contributed by atoms with E-state index in [4.69, 9.17) is 0 Å². The van der Waals surface area contributed by atoms with Gasteiger partial charge in [0.1, 0.15) is 0 Å². The van der Waals surface area contributed by atoms with Gasteiger partial charge in [-0.05, 0) is 55.8 Å². The van der Waals surface area contributed by atoms with Gasteiger partial charge in [-0.25, -0.2) is 9.38 Å². The van der Waals surface area contributed by atoms with Gasteiger partial charge in [0.25, 0.3) is 5.56 Å². The molecule has 132 valence electrons. The lowest BCUT2D eigenvalue weighted by Crippen LogP contribution is -2.22. The maximum Gasteiger partial charge on any atom is 0.274 e. The van der Waals surface area contributed by atoms with E-state index in [1.807, 2.05) is 48.7 Å². The zero-order valence-electron chi connectivity index (χ0n) is 14.9. The number of aryl methyl sites for hydroxylation is 1. The Morgan fingerprint density at radius 3 is 2.78 bits per heavy atom. The Kier molecular flexibility index (Phi) is 3.48. The number of aromatic nitrogens is 4. The zero-order chi connectivity index (χ0) is 18.5. The van der Waals surface area contributed by atoms with Crippen molar-refractivity contribution >= 4 is 33.4 Å². The van der Waals surface area contributed by atoms with Gasteiger partial charge in [-0.15, -0.1) is 0 Å². The first-order valence-corrected chi connectivity index (χ1v) is 9.46. The molecule has 0 bridgehead atoms. The first-order chi connectivity index (χ1) is 13.1. The SMILES string of the molecule is Cc1cc(/C=c2/sc3nc4ccccc4n3c2=O)c(C)n1-c1cccnc1. The van der Waals surface area contributed by atoms with Gasteiger partial charge in [0.2, 0.25) is 0 Å². The van der Waals surface area contributed by atoms with Gasteiger partial charge in [-0.3, -0.25) is 9.78 Å². The number of nitrogens with zero attached hydrogens (tertiary/aromatic N) is 4. The molecule has 0 atom stereocenters. The summed E-state index contributed by atoms with van der Waals surface area (Å²) in [5.74, 6) is 0. The molecule has 0 aliphatic heterocycles. The average molecular weight is 372 g/mol. The standard InChI is InChI=1S/C21H16N4OS/c1-13-10-15(14(2)24(13)16-6-5-9-22-12-16)11-19-20(26)25-18-8-4-3-7-17(18)23-21(25)27-19/h3-12H,1-2H3/b19-11+. The molecule has 0 saturated carbocycles. The number of pyridine rings is 1. The predicted molar refractivity (Wildman–Crippen MR) is 109 cm³/mol. The van der Waals surface area contributed by atoms with E-state index in [2.05, 4.69) is 34.4 Å². The third-order valence-corrected chi connectivity index (χ3v) is 5.77. The van der Waals surface area contributed by atoms with E-state index < -0.39 is 0 Å². The van der Waals surface area contributed by atoms with E-state index in [0.29, 0.717) is 4.53 Å². The topological polar surface area (TPSA) is 52.2 Å². The molecule has 1 aromatic carbocycles. The van der Waals surface area contributed by atoms with E-state index in [1.54, 1.807) is 10.6 Å². The third-order valence-electron chi connectivity index (χ3n) is 4.81. The van der Waals surface area contributed by atoms with Crippen molar-refractivity contribution in [3.63, 3.8) is 0 Å². The van der Waals surface area contributed by atoms with Crippen molar-refractivity contribution in [2.75, 3.05) is 0 Å². The van der Waals surface area contributed by atoms with Crippen molar-refractivity contribution in [1.29, 1.82) is 0 Å². The summed E-state index contributed by atoms with van der Waals surface area (Å²) in [7, 11) is 0. The number of para-hydroxylation sites is 2. The van der Waals surface area contributed by atoms with Crippen LogP contribution in [0.5, 0.6) is 0 Å². The number of hydrogen-bond donors (Lipinski definition) is 0. The van der Waals surface area contributed by atoms with Gasteiger partial charge in [-0.1, -0.05) is 23.5 Å². The highest BCUT2D eigenvalue weighted by molar-refractivity contribution is 7.15. The molecule has 5 nitrogen and oxygen atoms in total. The zero-order valence-corrected chi connectivity index (χ0v) is 15.7. The Balaban J connectivity index is 1.72. The van der Waals surface area contributed by atoms with E-state index in [9.17, 15) is 4.79 Å². The summed E-state index contributed by atoms with van der Waals surface area (Å²) < 4.78 is 4.54. The minimum absolute atomic E-state index is 0.0186. The van der Waals surface area contributed by atoms with Crippen LogP contribution in [-0.4, -0.2) is 18.9 Å². The molecule has 0 radical (unpaired) electrons. The fourth-order valence-corrected chi connectivity index (χ4v) is 4.55. The van der Waals surface area contributed by atoms with Crippen molar-refractivity contribution < 1.29 is 0 Å². The molecule has 0 amide bonds. The van der Waals surface area contributed by atoms with Gasteiger partial charge in [-0.2, -0.15) is 0 Å².